The number of aromatic nitrogens is 1. The number of pyridine rings is 1. The van der Waals surface area contributed by atoms with Crippen LogP contribution in [-0.2, 0) is 4.79 Å². The first-order valence-corrected chi connectivity index (χ1v) is 3.97. The van der Waals surface area contributed by atoms with E-state index in [-0.39, 0.29) is 5.91 Å². The van der Waals surface area contributed by atoms with Crippen molar-refractivity contribution in [2.75, 3.05) is 0 Å². The van der Waals surface area contributed by atoms with E-state index in [4.69, 9.17) is 0 Å². The second-order valence-corrected chi connectivity index (χ2v) is 2.46. The zero-order valence-electron chi connectivity index (χ0n) is 7.03. The third-order valence-electron chi connectivity index (χ3n) is 1.38. The molecule has 0 aliphatic heterocycles. The van der Waals surface area contributed by atoms with Gasteiger partial charge in [-0.3, -0.25) is 9.78 Å². The van der Waals surface area contributed by atoms with E-state index in [0.717, 1.165) is 6.42 Å². The molecule has 1 amide bonds. The molecule has 0 aliphatic carbocycles. The summed E-state index contributed by atoms with van der Waals surface area (Å²) in [4.78, 5) is 14.9. The average molecular weight is 163 g/mol. The van der Waals surface area contributed by atoms with E-state index in [1.165, 1.54) is 0 Å². The van der Waals surface area contributed by atoms with Gasteiger partial charge in [0, 0.05) is 18.8 Å². The van der Waals surface area contributed by atoms with Gasteiger partial charge in [0.05, 0.1) is 5.69 Å². The van der Waals surface area contributed by atoms with Gasteiger partial charge < -0.3 is 0 Å². The molecule has 0 bridgehead atoms. The van der Waals surface area contributed by atoms with Gasteiger partial charge in [-0.1, -0.05) is 6.92 Å². The van der Waals surface area contributed by atoms with E-state index in [0.29, 0.717) is 12.1 Å². The first-order valence-electron chi connectivity index (χ1n) is 3.97. The number of rotatable bonds is 3. The highest BCUT2D eigenvalue weighted by atomic mass is 16.1. The summed E-state index contributed by atoms with van der Waals surface area (Å²) in [7, 11) is 0. The molecule has 3 nitrogen and oxygen atoms in total. The van der Waals surface area contributed by atoms with E-state index < -0.39 is 0 Å². The maximum Gasteiger partial charge on any atom is 0.246 e. The molecule has 1 aromatic rings. The number of amides is 1. The monoisotopic (exact) mass is 163 g/mol. The summed E-state index contributed by atoms with van der Waals surface area (Å²) in [6.07, 6.45) is 4.60. The molecule has 1 aromatic heterocycles. The van der Waals surface area contributed by atoms with Crippen LogP contribution in [0.15, 0.2) is 24.5 Å². The Balaban J connectivity index is 2.47. The molecule has 1 radical (unpaired) electrons. The Bertz CT molecular complexity index is 246. The van der Waals surface area contributed by atoms with Crippen LogP contribution in [0.3, 0.4) is 0 Å². The van der Waals surface area contributed by atoms with Crippen molar-refractivity contribution in [3.63, 3.8) is 0 Å². The van der Waals surface area contributed by atoms with Gasteiger partial charge in [0.15, 0.2) is 0 Å². The normalized spacial score (nSPS) is 9.42. The molecule has 0 spiro atoms. The number of carbonyl (C=O) groups excluding carboxylic acids is 1. The molecule has 63 valence electrons. The van der Waals surface area contributed by atoms with Crippen molar-refractivity contribution in [3.05, 3.63) is 24.5 Å². The zero-order valence-corrected chi connectivity index (χ0v) is 7.03. The number of nitrogens with zero attached hydrogens (tertiary/aromatic N) is 2. The lowest BCUT2D eigenvalue weighted by Gasteiger charge is -1.98. The minimum absolute atomic E-state index is 0.0660. The summed E-state index contributed by atoms with van der Waals surface area (Å²) >= 11 is 0. The van der Waals surface area contributed by atoms with Crippen LogP contribution in [0.2, 0.25) is 0 Å². The Kier molecular flexibility index (Phi) is 3.26. The lowest BCUT2D eigenvalue weighted by Crippen LogP contribution is -2.09. The third kappa shape index (κ3) is 2.70. The SMILES string of the molecule is CCCC(=O)[N]c1ccncc1. The molecule has 0 saturated carbocycles. The van der Waals surface area contributed by atoms with Gasteiger partial charge in [-0.25, -0.2) is 5.32 Å². The molecule has 12 heavy (non-hydrogen) atoms. The molecule has 0 unspecified atom stereocenters. The van der Waals surface area contributed by atoms with Gasteiger partial charge in [0.2, 0.25) is 5.91 Å². The van der Waals surface area contributed by atoms with Gasteiger partial charge in [-0.05, 0) is 18.6 Å². The van der Waals surface area contributed by atoms with Crippen LogP contribution in [0.25, 0.3) is 0 Å². The van der Waals surface area contributed by atoms with Crippen molar-refractivity contribution < 1.29 is 4.79 Å². The Hall–Kier alpha value is -1.38. The maximum absolute atomic E-state index is 11.0. The Labute approximate surface area is 71.8 Å². The highest BCUT2D eigenvalue weighted by Gasteiger charge is 2.01. The van der Waals surface area contributed by atoms with Crippen molar-refractivity contribution in [1.82, 2.24) is 10.3 Å². The largest absolute Gasteiger partial charge is 0.273 e. The second kappa shape index (κ2) is 4.49. The highest BCUT2D eigenvalue weighted by molar-refractivity contribution is 5.80. The highest BCUT2D eigenvalue weighted by Crippen LogP contribution is 2.04. The van der Waals surface area contributed by atoms with Crippen molar-refractivity contribution in [2.45, 2.75) is 19.8 Å². The van der Waals surface area contributed by atoms with Crippen LogP contribution < -0.4 is 5.32 Å². The molecule has 1 heterocycles. The molecule has 0 N–H and O–H groups in total. The fraction of sp³-hybridized carbons (Fsp3) is 0.333. The van der Waals surface area contributed by atoms with Crippen LogP contribution >= 0.6 is 0 Å². The van der Waals surface area contributed by atoms with Crippen LogP contribution in [0, 0.1) is 0 Å². The van der Waals surface area contributed by atoms with Crippen molar-refractivity contribution in [1.29, 1.82) is 0 Å². The van der Waals surface area contributed by atoms with Gasteiger partial charge >= 0.3 is 0 Å². The molecular formula is C9H11N2O. The van der Waals surface area contributed by atoms with Crippen molar-refractivity contribution in [3.8, 4) is 0 Å². The number of hydrogen-bond acceptors (Lipinski definition) is 2. The van der Waals surface area contributed by atoms with Crippen LogP contribution in [0.1, 0.15) is 19.8 Å². The Morgan fingerprint density at radius 2 is 2.17 bits per heavy atom. The first-order chi connectivity index (χ1) is 5.83. The molecule has 0 atom stereocenters. The third-order valence-corrected chi connectivity index (χ3v) is 1.38. The minimum atomic E-state index is -0.0660. The summed E-state index contributed by atoms with van der Waals surface area (Å²) < 4.78 is 0. The summed E-state index contributed by atoms with van der Waals surface area (Å²) in [5, 5.41) is 3.87. The summed E-state index contributed by atoms with van der Waals surface area (Å²) in [6, 6.07) is 3.43. The maximum atomic E-state index is 11.0. The predicted molar refractivity (Wildman–Crippen MR) is 45.9 cm³/mol. The summed E-state index contributed by atoms with van der Waals surface area (Å²) in [5.41, 5.74) is 0.684. The van der Waals surface area contributed by atoms with Crippen LogP contribution in [0.4, 0.5) is 5.69 Å². The average Bonchev–Trinajstić information content (AvgIpc) is 2.06. The zero-order chi connectivity index (χ0) is 8.81. The number of hydrogen-bond donors (Lipinski definition) is 0. The summed E-state index contributed by atoms with van der Waals surface area (Å²) in [5.74, 6) is -0.0660. The number of carbonyl (C=O) groups is 1. The lowest BCUT2D eigenvalue weighted by molar-refractivity contribution is -0.120. The van der Waals surface area contributed by atoms with Gasteiger partial charge in [0.25, 0.3) is 0 Å². The summed E-state index contributed by atoms with van der Waals surface area (Å²) in [6.45, 7) is 1.96. The Morgan fingerprint density at radius 1 is 1.50 bits per heavy atom. The molecule has 3 heteroatoms. The van der Waals surface area contributed by atoms with Crippen LogP contribution in [0.5, 0.6) is 0 Å². The molecule has 0 saturated heterocycles. The lowest BCUT2D eigenvalue weighted by atomic mass is 10.3. The van der Waals surface area contributed by atoms with Gasteiger partial charge in [-0.15, -0.1) is 0 Å². The fourth-order valence-electron chi connectivity index (χ4n) is 0.832. The quantitative estimate of drug-likeness (QED) is 0.680. The van der Waals surface area contributed by atoms with E-state index in [1.807, 2.05) is 6.92 Å². The predicted octanol–water partition coefficient (Wildman–Crippen LogP) is 1.64. The first kappa shape index (κ1) is 8.71. The smallest absolute Gasteiger partial charge is 0.246 e. The minimum Gasteiger partial charge on any atom is -0.273 e. The molecule has 0 aromatic carbocycles. The van der Waals surface area contributed by atoms with Crippen LogP contribution in [-0.4, -0.2) is 10.9 Å². The molecular weight excluding hydrogens is 152 g/mol. The molecule has 1 rings (SSSR count). The van der Waals surface area contributed by atoms with Gasteiger partial charge in [0.1, 0.15) is 0 Å². The van der Waals surface area contributed by atoms with Crippen molar-refractivity contribution in [2.24, 2.45) is 0 Å². The second-order valence-electron chi connectivity index (χ2n) is 2.46. The molecule has 0 aliphatic rings. The van der Waals surface area contributed by atoms with E-state index >= 15 is 0 Å². The van der Waals surface area contributed by atoms with Gasteiger partial charge in [-0.2, -0.15) is 0 Å². The van der Waals surface area contributed by atoms with E-state index in [1.54, 1.807) is 24.5 Å². The standard InChI is InChI=1S/C9H11N2O/c1-2-3-9(12)11-8-4-6-10-7-5-8/h4-7H,2-3H2,1H3. The molecule has 0 fully saturated rings. The van der Waals surface area contributed by atoms with Crippen molar-refractivity contribution >= 4 is 11.6 Å². The topological polar surface area (TPSA) is 44.1 Å². The van der Waals surface area contributed by atoms with E-state index in [2.05, 4.69) is 10.3 Å². The Morgan fingerprint density at radius 3 is 2.75 bits per heavy atom. The fourth-order valence-corrected chi connectivity index (χ4v) is 0.832. The van der Waals surface area contributed by atoms with E-state index in [9.17, 15) is 4.79 Å².